The maximum absolute atomic E-state index is 12.0. The van der Waals surface area contributed by atoms with E-state index in [1.54, 1.807) is 4.90 Å². The molecule has 3 N–H and O–H groups in total. The van der Waals surface area contributed by atoms with E-state index < -0.39 is 23.9 Å². The Balaban J connectivity index is 2.27. The van der Waals surface area contributed by atoms with Gasteiger partial charge in [0.15, 0.2) is 0 Å². The maximum Gasteiger partial charge on any atom is 0.320 e. The Morgan fingerprint density at radius 1 is 0.909 bits per heavy atom. The lowest BCUT2D eigenvalue weighted by Gasteiger charge is -2.33. The molecule has 0 fully saturated rings. The van der Waals surface area contributed by atoms with Crippen molar-refractivity contribution in [2.24, 2.45) is 0 Å². The van der Waals surface area contributed by atoms with E-state index >= 15 is 0 Å². The van der Waals surface area contributed by atoms with Crippen molar-refractivity contribution >= 4 is 17.9 Å². The van der Waals surface area contributed by atoms with Crippen molar-refractivity contribution < 1.29 is 29.7 Å². The summed E-state index contributed by atoms with van der Waals surface area (Å²) in [5.41, 5.74) is 1.67. The third kappa shape index (κ3) is 9.85. The van der Waals surface area contributed by atoms with Crippen LogP contribution in [-0.4, -0.2) is 98.2 Å². The summed E-state index contributed by atoms with van der Waals surface area (Å²) in [5, 5.41) is 27.9. The van der Waals surface area contributed by atoms with Gasteiger partial charge in [-0.2, -0.15) is 0 Å². The quantitative estimate of drug-likeness (QED) is 0.443. The summed E-state index contributed by atoms with van der Waals surface area (Å²) in [7, 11) is 0. The third-order valence-corrected chi connectivity index (χ3v) is 5.81. The molecule has 0 aromatic carbocycles. The topological polar surface area (TPSA) is 135 Å². The molecule has 1 aliphatic rings. The van der Waals surface area contributed by atoms with Crippen molar-refractivity contribution in [1.29, 1.82) is 0 Å². The molecule has 1 aromatic rings. The fourth-order valence-electron chi connectivity index (χ4n) is 4.14. The highest BCUT2D eigenvalue weighted by atomic mass is 16.4. The predicted molar refractivity (Wildman–Crippen MR) is 122 cm³/mol. The molecule has 10 heteroatoms. The van der Waals surface area contributed by atoms with Gasteiger partial charge in [0.1, 0.15) is 6.04 Å². The molecule has 1 unspecified atom stereocenters. The van der Waals surface area contributed by atoms with Gasteiger partial charge in [0.05, 0.1) is 11.4 Å². The second kappa shape index (κ2) is 13.9. The minimum atomic E-state index is -1.05. The van der Waals surface area contributed by atoms with E-state index in [2.05, 4.69) is 16.7 Å². The number of hydrogen-bond acceptors (Lipinski definition) is 7. The van der Waals surface area contributed by atoms with Crippen LogP contribution in [0.25, 0.3) is 0 Å². The number of carboxylic acids is 3. The Morgan fingerprint density at radius 3 is 2.18 bits per heavy atom. The molecular formula is C23H36N4O6. The SMILES string of the molecule is CCCN1CCN(CCCC(=O)O)CCN(C(CCC(=O)O)C(=O)O)Cc2cccc(n2)C1. The van der Waals surface area contributed by atoms with Gasteiger partial charge in [-0.25, -0.2) is 0 Å². The molecule has 2 heterocycles. The average molecular weight is 465 g/mol. The molecule has 2 bridgehead atoms. The van der Waals surface area contributed by atoms with Gasteiger partial charge in [0.2, 0.25) is 0 Å². The molecule has 1 aromatic heterocycles. The number of fused-ring (bicyclic) bond motifs is 2. The van der Waals surface area contributed by atoms with Gasteiger partial charge in [-0.05, 0) is 44.5 Å². The van der Waals surface area contributed by atoms with Crippen molar-refractivity contribution in [3.63, 3.8) is 0 Å². The zero-order chi connectivity index (χ0) is 24.2. The lowest BCUT2D eigenvalue weighted by molar-refractivity contribution is -0.145. The van der Waals surface area contributed by atoms with Gasteiger partial charge >= 0.3 is 17.9 Å². The predicted octanol–water partition coefficient (Wildman–Crippen LogP) is 1.59. The van der Waals surface area contributed by atoms with Gasteiger partial charge in [0, 0.05) is 52.1 Å². The smallest absolute Gasteiger partial charge is 0.320 e. The number of aromatic nitrogens is 1. The van der Waals surface area contributed by atoms with Crippen LogP contribution < -0.4 is 0 Å². The van der Waals surface area contributed by atoms with Crippen molar-refractivity contribution in [3.05, 3.63) is 29.6 Å². The molecule has 0 spiro atoms. The second-order valence-electron chi connectivity index (χ2n) is 8.49. The van der Waals surface area contributed by atoms with Crippen LogP contribution in [-0.2, 0) is 27.5 Å². The molecule has 0 amide bonds. The number of nitrogens with zero attached hydrogens (tertiary/aromatic N) is 4. The van der Waals surface area contributed by atoms with Crippen LogP contribution in [0.2, 0.25) is 0 Å². The van der Waals surface area contributed by atoms with Crippen LogP contribution >= 0.6 is 0 Å². The van der Waals surface area contributed by atoms with Crippen molar-refractivity contribution in [2.45, 2.75) is 58.2 Å². The molecule has 0 aliphatic carbocycles. The first-order valence-electron chi connectivity index (χ1n) is 11.6. The van der Waals surface area contributed by atoms with Gasteiger partial charge < -0.3 is 20.2 Å². The average Bonchev–Trinajstić information content (AvgIpc) is 2.73. The number of pyridine rings is 1. The van der Waals surface area contributed by atoms with Gasteiger partial charge in [-0.15, -0.1) is 0 Å². The highest BCUT2D eigenvalue weighted by Crippen LogP contribution is 2.15. The van der Waals surface area contributed by atoms with Gasteiger partial charge in [0.25, 0.3) is 0 Å². The van der Waals surface area contributed by atoms with Crippen LogP contribution in [0.15, 0.2) is 18.2 Å². The van der Waals surface area contributed by atoms with Gasteiger partial charge in [-0.3, -0.25) is 29.2 Å². The Morgan fingerprint density at radius 2 is 1.55 bits per heavy atom. The zero-order valence-electron chi connectivity index (χ0n) is 19.4. The largest absolute Gasteiger partial charge is 0.481 e. The van der Waals surface area contributed by atoms with Crippen molar-refractivity contribution in [2.75, 3.05) is 39.3 Å². The van der Waals surface area contributed by atoms with Crippen LogP contribution in [0.1, 0.15) is 50.4 Å². The molecule has 0 saturated heterocycles. The molecule has 2 rings (SSSR count). The Kier molecular flexibility index (Phi) is 11.2. The first-order valence-corrected chi connectivity index (χ1v) is 11.6. The van der Waals surface area contributed by atoms with E-state index in [-0.39, 0.29) is 19.3 Å². The fraction of sp³-hybridized carbons (Fsp3) is 0.652. The number of carbonyl (C=O) groups is 3. The molecule has 33 heavy (non-hydrogen) atoms. The van der Waals surface area contributed by atoms with E-state index in [1.165, 1.54) is 0 Å². The molecule has 1 atom stereocenters. The van der Waals surface area contributed by atoms with Crippen LogP contribution in [0, 0.1) is 0 Å². The number of aliphatic carboxylic acids is 3. The second-order valence-corrected chi connectivity index (χ2v) is 8.49. The number of carboxylic acid groups (broad SMARTS) is 3. The van der Waals surface area contributed by atoms with Gasteiger partial charge in [-0.1, -0.05) is 13.0 Å². The van der Waals surface area contributed by atoms with E-state index in [0.29, 0.717) is 39.1 Å². The van der Waals surface area contributed by atoms with Crippen LogP contribution in [0.4, 0.5) is 0 Å². The highest BCUT2D eigenvalue weighted by molar-refractivity contribution is 5.75. The van der Waals surface area contributed by atoms with Crippen molar-refractivity contribution in [3.8, 4) is 0 Å². The molecule has 10 nitrogen and oxygen atoms in total. The monoisotopic (exact) mass is 464 g/mol. The summed E-state index contributed by atoms with van der Waals surface area (Å²) < 4.78 is 0. The number of rotatable bonds is 11. The van der Waals surface area contributed by atoms with Crippen LogP contribution in [0.3, 0.4) is 0 Å². The van der Waals surface area contributed by atoms with E-state index in [1.807, 2.05) is 18.2 Å². The van der Waals surface area contributed by atoms with E-state index in [4.69, 9.17) is 15.2 Å². The Bertz CT molecular complexity index is 790. The maximum atomic E-state index is 12.0. The molecular weight excluding hydrogens is 428 g/mol. The summed E-state index contributed by atoms with van der Waals surface area (Å²) in [4.78, 5) is 45.1. The normalized spacial score (nSPS) is 17.6. The molecule has 0 radical (unpaired) electrons. The first kappa shape index (κ1) is 26.7. The highest BCUT2D eigenvalue weighted by Gasteiger charge is 2.27. The summed E-state index contributed by atoms with van der Waals surface area (Å²) >= 11 is 0. The third-order valence-electron chi connectivity index (χ3n) is 5.81. The number of hydrogen-bond donors (Lipinski definition) is 3. The molecule has 0 saturated carbocycles. The van der Waals surface area contributed by atoms with Crippen LogP contribution in [0.5, 0.6) is 0 Å². The summed E-state index contributed by atoms with van der Waals surface area (Å²) in [6.45, 7) is 7.18. The van der Waals surface area contributed by atoms with E-state index in [0.717, 1.165) is 37.4 Å². The first-order chi connectivity index (χ1) is 15.8. The summed E-state index contributed by atoms with van der Waals surface area (Å²) in [6, 6.07) is 4.82. The standard InChI is InChI=1S/C23H36N4O6/c1-2-10-26-13-12-25(11-4-7-21(28)29)14-15-27(20(23(32)33)8-9-22(30)31)17-19-6-3-5-18(16-26)24-19/h3,5-6,20H,2,4,7-17H2,1H3,(H,28,29)(H,30,31)(H,32,33). The lowest BCUT2D eigenvalue weighted by atomic mass is 10.1. The zero-order valence-corrected chi connectivity index (χ0v) is 19.4. The minimum absolute atomic E-state index is 0.00759. The Hall–Kier alpha value is -2.56. The fourth-order valence-corrected chi connectivity index (χ4v) is 4.14. The summed E-state index contributed by atoms with van der Waals surface area (Å²) in [5.74, 6) is -2.91. The summed E-state index contributed by atoms with van der Waals surface area (Å²) in [6.07, 6.45) is 1.40. The lowest BCUT2D eigenvalue weighted by Crippen LogP contribution is -2.46. The minimum Gasteiger partial charge on any atom is -0.481 e. The van der Waals surface area contributed by atoms with E-state index in [9.17, 15) is 19.5 Å². The molecule has 184 valence electrons. The Labute approximate surface area is 194 Å². The molecule has 1 aliphatic heterocycles. The van der Waals surface area contributed by atoms with Crippen molar-refractivity contribution in [1.82, 2.24) is 19.7 Å².